The Bertz CT molecular complexity index is 995. The van der Waals surface area contributed by atoms with Crippen LogP contribution in [0.3, 0.4) is 0 Å². The van der Waals surface area contributed by atoms with Crippen LogP contribution in [0.1, 0.15) is 13.1 Å². The third-order valence-corrected chi connectivity index (χ3v) is 5.96. The summed E-state index contributed by atoms with van der Waals surface area (Å²) in [6, 6.07) is 4.59. The third kappa shape index (κ3) is 3.03. The van der Waals surface area contributed by atoms with Gasteiger partial charge in [-0.25, -0.2) is 4.79 Å². The molecule has 1 aromatic carbocycles. The molecule has 0 saturated carbocycles. The molecule has 1 aromatic heterocycles. The van der Waals surface area contributed by atoms with Gasteiger partial charge in [-0.1, -0.05) is 15.9 Å². The topological polar surface area (TPSA) is 93.0 Å². The Morgan fingerprint density at radius 3 is 2.67 bits per heavy atom. The van der Waals surface area contributed by atoms with Crippen LogP contribution in [0.15, 0.2) is 22.7 Å². The Balaban J connectivity index is 1.87. The van der Waals surface area contributed by atoms with Crippen molar-refractivity contribution in [3.8, 4) is 17.1 Å². The lowest BCUT2D eigenvalue weighted by atomic mass is 10.1. The summed E-state index contributed by atoms with van der Waals surface area (Å²) in [4.78, 5) is 30.4. The van der Waals surface area contributed by atoms with Crippen molar-refractivity contribution in [2.45, 2.75) is 19.1 Å². The number of rotatable bonds is 6. The molecule has 30 heavy (non-hydrogen) atoms. The molecule has 10 nitrogen and oxygen atoms in total. The van der Waals surface area contributed by atoms with E-state index >= 15 is 0 Å². The zero-order valence-corrected chi connectivity index (χ0v) is 18.8. The number of hydrogen-bond donors (Lipinski definition) is 0. The van der Waals surface area contributed by atoms with E-state index in [0.717, 1.165) is 9.37 Å². The van der Waals surface area contributed by atoms with Crippen LogP contribution in [0.4, 0.5) is 10.7 Å². The van der Waals surface area contributed by atoms with Gasteiger partial charge in [-0.05, 0) is 25.1 Å². The molecule has 1 saturated heterocycles. The molecule has 4 rings (SSSR count). The van der Waals surface area contributed by atoms with E-state index in [0.29, 0.717) is 42.8 Å². The van der Waals surface area contributed by atoms with E-state index in [-0.39, 0.29) is 11.9 Å². The largest absolute Gasteiger partial charge is 0.496 e. The first-order chi connectivity index (χ1) is 14.4. The maximum Gasteiger partial charge on any atom is 0.327 e. The van der Waals surface area contributed by atoms with Gasteiger partial charge in [0.05, 0.1) is 19.3 Å². The van der Waals surface area contributed by atoms with Crippen LogP contribution in [-0.4, -0.2) is 83.5 Å². The molecule has 0 aliphatic carbocycles. The molecule has 160 valence electrons. The van der Waals surface area contributed by atoms with E-state index in [4.69, 9.17) is 9.47 Å². The monoisotopic (exact) mass is 478 g/mol. The van der Waals surface area contributed by atoms with Gasteiger partial charge in [-0.3, -0.25) is 14.3 Å². The number of halogens is 1. The van der Waals surface area contributed by atoms with Crippen molar-refractivity contribution in [1.82, 2.24) is 24.6 Å². The van der Waals surface area contributed by atoms with E-state index in [9.17, 15) is 9.59 Å². The molecule has 11 heteroatoms. The number of ether oxygens (including phenoxy) is 2. The van der Waals surface area contributed by atoms with Gasteiger partial charge >= 0.3 is 6.03 Å². The summed E-state index contributed by atoms with van der Waals surface area (Å²) in [5, 5.41) is 8.78. The van der Waals surface area contributed by atoms with Gasteiger partial charge < -0.3 is 19.3 Å². The SMILES string of the molecule is CCOCCN1c2nnc(-c3cc(Br)ccc3OC)n2C2C1C(=O)N(C)C(=O)N2C. The number of methoxy groups -OCH3 is 1. The van der Waals surface area contributed by atoms with Crippen molar-refractivity contribution in [2.75, 3.05) is 45.9 Å². The molecule has 2 atom stereocenters. The first kappa shape index (κ1) is 20.6. The summed E-state index contributed by atoms with van der Waals surface area (Å²) in [6.07, 6.45) is -0.577. The number of anilines is 1. The molecule has 3 heterocycles. The maximum absolute atomic E-state index is 13.1. The Labute approximate surface area is 182 Å². The number of fused-ring (bicyclic) bond motifs is 3. The summed E-state index contributed by atoms with van der Waals surface area (Å²) in [5.41, 5.74) is 0.711. The number of benzene rings is 1. The summed E-state index contributed by atoms with van der Waals surface area (Å²) in [6.45, 7) is 3.36. The van der Waals surface area contributed by atoms with Gasteiger partial charge in [0, 0.05) is 31.7 Å². The predicted octanol–water partition coefficient (Wildman–Crippen LogP) is 1.96. The third-order valence-electron chi connectivity index (χ3n) is 5.47. The van der Waals surface area contributed by atoms with Gasteiger partial charge in [0.1, 0.15) is 11.9 Å². The molecule has 2 unspecified atom stereocenters. The second-order valence-electron chi connectivity index (χ2n) is 7.08. The highest BCUT2D eigenvalue weighted by Gasteiger charge is 2.54. The summed E-state index contributed by atoms with van der Waals surface area (Å²) in [5.74, 6) is 1.38. The van der Waals surface area contributed by atoms with Crippen LogP contribution in [0.25, 0.3) is 11.4 Å². The minimum atomic E-state index is -0.611. The molecule has 2 aliphatic heterocycles. The first-order valence-corrected chi connectivity index (χ1v) is 10.4. The van der Waals surface area contributed by atoms with Crippen molar-refractivity contribution < 1.29 is 19.1 Å². The summed E-state index contributed by atoms with van der Waals surface area (Å²) >= 11 is 3.49. The highest BCUT2D eigenvalue weighted by Crippen LogP contribution is 2.43. The van der Waals surface area contributed by atoms with Crippen molar-refractivity contribution in [1.29, 1.82) is 0 Å². The van der Waals surface area contributed by atoms with Crippen LogP contribution in [0, 0.1) is 0 Å². The van der Waals surface area contributed by atoms with E-state index in [2.05, 4.69) is 26.1 Å². The molecule has 2 aliphatic rings. The number of carbonyl (C=O) groups excluding carboxylic acids is 2. The molecular weight excluding hydrogens is 456 g/mol. The van der Waals surface area contributed by atoms with Crippen molar-refractivity contribution in [2.24, 2.45) is 0 Å². The van der Waals surface area contributed by atoms with Gasteiger partial charge in [0.15, 0.2) is 11.9 Å². The maximum atomic E-state index is 13.1. The second kappa shape index (κ2) is 7.88. The van der Waals surface area contributed by atoms with E-state index in [1.165, 1.54) is 7.05 Å². The quantitative estimate of drug-likeness (QED) is 0.585. The number of nitrogens with zero attached hydrogens (tertiary/aromatic N) is 6. The number of likely N-dealkylation sites (N-methyl/N-ethyl adjacent to an activating group) is 2. The number of hydrogen-bond acceptors (Lipinski definition) is 7. The van der Waals surface area contributed by atoms with Crippen molar-refractivity contribution >= 4 is 33.8 Å². The minimum Gasteiger partial charge on any atom is -0.496 e. The Morgan fingerprint density at radius 1 is 1.20 bits per heavy atom. The molecule has 0 bridgehead atoms. The number of urea groups is 1. The van der Waals surface area contributed by atoms with Crippen LogP contribution in [-0.2, 0) is 9.53 Å². The smallest absolute Gasteiger partial charge is 0.327 e. The van der Waals surface area contributed by atoms with Gasteiger partial charge in [-0.2, -0.15) is 0 Å². The van der Waals surface area contributed by atoms with Gasteiger partial charge in [0.25, 0.3) is 5.91 Å². The Kier molecular flexibility index (Phi) is 5.41. The first-order valence-electron chi connectivity index (χ1n) is 9.58. The number of aromatic nitrogens is 3. The average molecular weight is 479 g/mol. The predicted molar refractivity (Wildman–Crippen MR) is 112 cm³/mol. The Morgan fingerprint density at radius 2 is 1.97 bits per heavy atom. The van der Waals surface area contributed by atoms with Crippen molar-refractivity contribution in [3.63, 3.8) is 0 Å². The minimum absolute atomic E-state index is 0.280. The molecule has 0 N–H and O–H groups in total. The van der Waals surface area contributed by atoms with E-state index in [1.807, 2.05) is 34.6 Å². The fourth-order valence-corrected chi connectivity index (χ4v) is 4.38. The molecule has 1 fully saturated rings. The lowest BCUT2D eigenvalue weighted by molar-refractivity contribution is -0.133. The van der Waals surface area contributed by atoms with E-state index in [1.54, 1.807) is 19.1 Å². The zero-order chi connectivity index (χ0) is 21.6. The average Bonchev–Trinajstić information content (AvgIpc) is 3.29. The molecule has 0 radical (unpaired) electrons. The van der Waals surface area contributed by atoms with Crippen LogP contribution >= 0.6 is 15.9 Å². The van der Waals surface area contributed by atoms with Gasteiger partial charge in [0.2, 0.25) is 5.95 Å². The highest BCUT2D eigenvalue weighted by molar-refractivity contribution is 9.10. The normalized spacial score (nSPS) is 20.6. The lowest BCUT2D eigenvalue weighted by Gasteiger charge is -2.40. The van der Waals surface area contributed by atoms with Crippen LogP contribution in [0.5, 0.6) is 5.75 Å². The summed E-state index contributed by atoms with van der Waals surface area (Å²) in [7, 11) is 4.76. The number of amides is 3. The van der Waals surface area contributed by atoms with E-state index < -0.39 is 12.2 Å². The standard InChI is InChI=1S/C19H23BrN6O4/c1-5-30-9-8-25-14-16(23(2)19(28)24(3)17(14)27)26-15(21-22-18(25)26)12-10-11(20)6-7-13(12)29-4/h6-7,10,14,16H,5,8-9H2,1-4H3. The fourth-order valence-electron chi connectivity index (χ4n) is 4.02. The zero-order valence-electron chi connectivity index (χ0n) is 17.2. The molecule has 3 amide bonds. The fraction of sp³-hybridized carbons (Fsp3) is 0.474. The number of carbonyl (C=O) groups is 2. The van der Waals surface area contributed by atoms with Gasteiger partial charge in [-0.15, -0.1) is 10.2 Å². The highest BCUT2D eigenvalue weighted by atomic mass is 79.9. The lowest BCUT2D eigenvalue weighted by Crippen LogP contribution is -2.61. The van der Waals surface area contributed by atoms with Crippen molar-refractivity contribution in [3.05, 3.63) is 22.7 Å². The molecule has 2 aromatic rings. The Hall–Kier alpha value is -2.66. The van der Waals surface area contributed by atoms with Crippen LogP contribution < -0.4 is 9.64 Å². The second-order valence-corrected chi connectivity index (χ2v) is 7.99. The summed E-state index contributed by atoms with van der Waals surface area (Å²) < 4.78 is 13.7. The molecular formula is C19H23BrN6O4. The molecule has 0 spiro atoms. The number of imide groups is 1. The van der Waals surface area contributed by atoms with Crippen LogP contribution in [0.2, 0.25) is 0 Å².